The Morgan fingerprint density at radius 2 is 2.23 bits per heavy atom. The molecule has 2 aliphatic rings. The number of benzene rings is 1. The van der Waals surface area contributed by atoms with Crippen LogP contribution in [0.2, 0.25) is 5.02 Å². The third kappa shape index (κ3) is 4.86. The van der Waals surface area contributed by atoms with E-state index in [1.165, 1.54) is 12.5 Å². The lowest BCUT2D eigenvalue weighted by Crippen LogP contribution is -2.34. The summed E-state index contributed by atoms with van der Waals surface area (Å²) in [5, 5.41) is 16.6. The molecule has 4 rings (SSSR count). The van der Waals surface area contributed by atoms with Gasteiger partial charge in [-0.15, -0.1) is 0 Å². The minimum atomic E-state index is -0.475. The van der Waals surface area contributed by atoms with Crippen LogP contribution in [0.5, 0.6) is 0 Å². The fraction of sp³-hybridized carbons (Fsp3) is 0.409. The van der Waals surface area contributed by atoms with Gasteiger partial charge >= 0.3 is 0 Å². The van der Waals surface area contributed by atoms with E-state index in [0.29, 0.717) is 30.9 Å². The van der Waals surface area contributed by atoms with E-state index in [-0.39, 0.29) is 11.1 Å². The van der Waals surface area contributed by atoms with Crippen LogP contribution in [0.25, 0.3) is 0 Å². The number of ether oxygens (including phenoxy) is 1. The van der Waals surface area contributed by atoms with E-state index in [1.54, 1.807) is 18.3 Å². The zero-order chi connectivity index (χ0) is 20.9. The zero-order valence-corrected chi connectivity index (χ0v) is 17.3. The summed E-state index contributed by atoms with van der Waals surface area (Å²) in [4.78, 5) is 9.01. The predicted molar refractivity (Wildman–Crippen MR) is 115 cm³/mol. The average molecular weight is 431 g/mol. The summed E-state index contributed by atoms with van der Waals surface area (Å²) < 4.78 is 19.2. The summed E-state index contributed by atoms with van der Waals surface area (Å²) in [5.41, 5.74) is 3.94. The highest BCUT2D eigenvalue weighted by molar-refractivity contribution is 6.30. The van der Waals surface area contributed by atoms with Gasteiger partial charge in [-0.2, -0.15) is 0 Å². The smallest absolute Gasteiger partial charge is 0.156 e. The first-order chi connectivity index (χ1) is 14.6. The Morgan fingerprint density at radius 3 is 3.00 bits per heavy atom. The normalized spacial score (nSPS) is 18.9. The van der Waals surface area contributed by atoms with Gasteiger partial charge in [0.05, 0.1) is 16.8 Å². The first kappa shape index (κ1) is 20.9. The first-order valence-electron chi connectivity index (χ1n) is 10.2. The van der Waals surface area contributed by atoms with Gasteiger partial charge in [0.1, 0.15) is 5.82 Å². The molecule has 1 atom stereocenters. The lowest BCUT2D eigenvalue weighted by molar-refractivity contribution is 0.0176. The van der Waals surface area contributed by atoms with Crippen molar-refractivity contribution in [2.75, 3.05) is 19.7 Å². The average Bonchev–Trinajstić information content (AvgIpc) is 3.18. The maximum Gasteiger partial charge on any atom is 0.156 e. The minimum absolute atomic E-state index is 0.0448. The summed E-state index contributed by atoms with van der Waals surface area (Å²) in [5.74, 6) is 0.174. The fourth-order valence-corrected chi connectivity index (χ4v) is 4.09. The second-order valence-electron chi connectivity index (χ2n) is 7.61. The molecular weight excluding hydrogens is 407 g/mol. The Morgan fingerprint density at radius 1 is 1.33 bits per heavy atom. The van der Waals surface area contributed by atoms with Crippen molar-refractivity contribution in [3.8, 4) is 0 Å². The SMILES string of the molecule is O/N=C(\Cc1ccc(F)c(Cl)c1)c1ccnc2c1CC(CNCC1CCCCO1)=N2. The molecule has 1 saturated heterocycles. The standard InChI is InChI=1S/C22H24ClFN4O2/c23-19-9-14(4-5-20(19)24)10-21(28-29)17-6-7-26-22-18(17)11-15(27-22)12-25-13-16-3-1-2-8-30-16/h4-7,9,16,25,29H,1-3,8,10-13H2/b28-21+. The van der Waals surface area contributed by atoms with Crippen LogP contribution < -0.4 is 5.32 Å². The summed E-state index contributed by atoms with van der Waals surface area (Å²) in [6, 6.07) is 6.31. The Labute approximate surface area is 179 Å². The number of hydrogen-bond acceptors (Lipinski definition) is 6. The molecule has 6 nitrogen and oxygen atoms in total. The molecular formula is C22H24ClFN4O2. The molecule has 3 heterocycles. The number of rotatable bonds is 7. The van der Waals surface area contributed by atoms with Gasteiger partial charge in [0.2, 0.25) is 0 Å². The molecule has 0 saturated carbocycles. The van der Waals surface area contributed by atoms with Crippen LogP contribution in [-0.4, -0.2) is 47.4 Å². The molecule has 2 N–H and O–H groups in total. The van der Waals surface area contributed by atoms with E-state index in [1.807, 2.05) is 6.07 Å². The van der Waals surface area contributed by atoms with Crippen molar-refractivity contribution in [1.82, 2.24) is 10.3 Å². The summed E-state index contributed by atoms with van der Waals surface area (Å²) in [6.45, 7) is 2.31. The van der Waals surface area contributed by atoms with Gasteiger partial charge in [-0.25, -0.2) is 14.4 Å². The van der Waals surface area contributed by atoms with Crippen LogP contribution in [0.3, 0.4) is 0 Å². The van der Waals surface area contributed by atoms with Crippen LogP contribution in [0, 0.1) is 5.82 Å². The number of oxime groups is 1. The lowest BCUT2D eigenvalue weighted by Gasteiger charge is -2.22. The summed E-state index contributed by atoms with van der Waals surface area (Å²) >= 11 is 5.88. The van der Waals surface area contributed by atoms with E-state index >= 15 is 0 Å². The van der Waals surface area contributed by atoms with Crippen LogP contribution in [0.15, 0.2) is 40.6 Å². The fourth-order valence-electron chi connectivity index (χ4n) is 3.89. The van der Waals surface area contributed by atoms with Crippen LogP contribution in [0.1, 0.15) is 36.0 Å². The first-order valence-corrected chi connectivity index (χ1v) is 10.5. The highest BCUT2D eigenvalue weighted by Crippen LogP contribution is 2.28. The van der Waals surface area contributed by atoms with Crippen molar-refractivity contribution >= 4 is 28.8 Å². The third-order valence-electron chi connectivity index (χ3n) is 5.44. The molecule has 0 aliphatic carbocycles. The number of halogens is 2. The van der Waals surface area contributed by atoms with Crippen molar-refractivity contribution in [3.05, 3.63) is 58.0 Å². The number of nitrogens with one attached hydrogen (secondary N) is 1. The van der Waals surface area contributed by atoms with Gasteiger partial charge in [-0.1, -0.05) is 22.8 Å². The van der Waals surface area contributed by atoms with Crippen LogP contribution in [-0.2, 0) is 17.6 Å². The highest BCUT2D eigenvalue weighted by atomic mass is 35.5. The largest absolute Gasteiger partial charge is 0.411 e. The Balaban J connectivity index is 1.42. The maximum absolute atomic E-state index is 13.4. The van der Waals surface area contributed by atoms with Crippen molar-refractivity contribution in [1.29, 1.82) is 0 Å². The lowest BCUT2D eigenvalue weighted by atomic mass is 9.97. The van der Waals surface area contributed by atoms with Crippen molar-refractivity contribution in [2.45, 2.75) is 38.2 Å². The quantitative estimate of drug-likeness (QED) is 0.394. The Bertz CT molecular complexity index is 974. The maximum atomic E-state index is 13.4. The molecule has 1 unspecified atom stereocenters. The number of aliphatic imine (C=N–C) groups is 1. The molecule has 1 aromatic heterocycles. The molecule has 1 fully saturated rings. The number of nitrogens with zero attached hydrogens (tertiary/aromatic N) is 3. The molecule has 0 bridgehead atoms. The van der Waals surface area contributed by atoms with Crippen molar-refractivity contribution < 1.29 is 14.3 Å². The highest BCUT2D eigenvalue weighted by Gasteiger charge is 2.22. The van der Waals surface area contributed by atoms with Gasteiger partial charge < -0.3 is 15.3 Å². The zero-order valence-electron chi connectivity index (χ0n) is 16.6. The van der Waals surface area contributed by atoms with E-state index in [2.05, 4.69) is 20.4 Å². The third-order valence-corrected chi connectivity index (χ3v) is 5.73. The van der Waals surface area contributed by atoms with Gasteiger partial charge in [-0.3, -0.25) is 0 Å². The minimum Gasteiger partial charge on any atom is -0.411 e. The summed E-state index contributed by atoms with van der Waals surface area (Å²) in [7, 11) is 0. The van der Waals surface area contributed by atoms with Gasteiger partial charge in [0, 0.05) is 55.6 Å². The summed E-state index contributed by atoms with van der Waals surface area (Å²) in [6.07, 6.45) is 6.34. The van der Waals surface area contributed by atoms with E-state index in [4.69, 9.17) is 16.3 Å². The monoisotopic (exact) mass is 430 g/mol. The molecule has 1 aromatic carbocycles. The molecule has 30 heavy (non-hydrogen) atoms. The van der Waals surface area contributed by atoms with Gasteiger partial charge in [-0.05, 0) is 43.0 Å². The topological polar surface area (TPSA) is 79.1 Å². The second kappa shape index (κ2) is 9.64. The van der Waals surface area contributed by atoms with Gasteiger partial charge in [0.15, 0.2) is 5.82 Å². The Hall–Kier alpha value is -2.35. The molecule has 158 valence electrons. The number of aromatic nitrogens is 1. The van der Waals surface area contributed by atoms with E-state index < -0.39 is 5.82 Å². The van der Waals surface area contributed by atoms with E-state index in [0.717, 1.165) is 48.4 Å². The number of pyridine rings is 1. The Kier molecular flexibility index (Phi) is 6.72. The van der Waals surface area contributed by atoms with Crippen molar-refractivity contribution in [3.63, 3.8) is 0 Å². The molecule has 0 radical (unpaired) electrons. The number of fused-ring (bicyclic) bond motifs is 1. The predicted octanol–water partition coefficient (Wildman–Crippen LogP) is 4.08. The molecule has 0 spiro atoms. The van der Waals surface area contributed by atoms with E-state index in [9.17, 15) is 9.60 Å². The molecule has 0 amide bonds. The van der Waals surface area contributed by atoms with Gasteiger partial charge in [0.25, 0.3) is 0 Å². The molecule has 8 heteroatoms. The number of hydrogen-bond donors (Lipinski definition) is 2. The second-order valence-corrected chi connectivity index (χ2v) is 8.01. The van der Waals surface area contributed by atoms with Crippen LogP contribution in [0.4, 0.5) is 10.2 Å². The molecule has 2 aliphatic heterocycles. The van der Waals surface area contributed by atoms with Crippen LogP contribution >= 0.6 is 11.6 Å². The molecule has 2 aromatic rings. The van der Waals surface area contributed by atoms with Crippen molar-refractivity contribution in [2.24, 2.45) is 10.1 Å².